The molecule has 1 aliphatic rings. The van der Waals surface area contributed by atoms with Crippen molar-refractivity contribution in [1.82, 2.24) is 5.32 Å². The van der Waals surface area contributed by atoms with Crippen molar-refractivity contribution >= 4 is 17.5 Å². The third-order valence-electron chi connectivity index (χ3n) is 2.45. The van der Waals surface area contributed by atoms with E-state index >= 15 is 0 Å². The zero-order chi connectivity index (χ0) is 11.7. The number of rotatable bonds is 1. The summed E-state index contributed by atoms with van der Waals surface area (Å²) in [6.45, 7) is 1.99. The number of hydrogen-bond acceptors (Lipinski definition) is 3. The molecule has 0 spiro atoms. The Morgan fingerprint density at radius 3 is 2.44 bits per heavy atom. The smallest absolute Gasteiger partial charge is 0.246 e. The van der Waals surface area contributed by atoms with Crippen LogP contribution >= 0.6 is 0 Å². The molecule has 1 heterocycles. The van der Waals surface area contributed by atoms with E-state index in [1.807, 2.05) is 0 Å². The number of imide groups is 1. The molecule has 0 aliphatic carbocycles. The standard InChI is InChI=1S/C11H11FN2O2/c1-7-4-8(12)2-3-9(7)14-5-10(15)13-11(16)6-14/h2-4H,5-6H2,1H3,(H,13,15,16). The Morgan fingerprint density at radius 1 is 1.25 bits per heavy atom. The molecule has 16 heavy (non-hydrogen) atoms. The summed E-state index contributed by atoms with van der Waals surface area (Å²) in [7, 11) is 0. The quantitative estimate of drug-likeness (QED) is 0.708. The van der Waals surface area contributed by atoms with E-state index in [-0.39, 0.29) is 30.7 Å². The minimum absolute atomic E-state index is 0.123. The fraction of sp³-hybridized carbons (Fsp3) is 0.273. The average Bonchev–Trinajstić information content (AvgIpc) is 2.15. The number of carbonyl (C=O) groups excluding carboxylic acids is 2. The summed E-state index contributed by atoms with van der Waals surface area (Å²) in [6.07, 6.45) is 0. The number of halogens is 1. The highest BCUT2D eigenvalue weighted by molar-refractivity contribution is 6.02. The second-order valence-corrected chi connectivity index (χ2v) is 3.76. The number of nitrogens with one attached hydrogen (secondary N) is 1. The van der Waals surface area contributed by atoms with Gasteiger partial charge in [0.15, 0.2) is 0 Å². The van der Waals surface area contributed by atoms with E-state index in [4.69, 9.17) is 0 Å². The summed E-state index contributed by atoms with van der Waals surface area (Å²) in [5, 5.41) is 2.22. The largest absolute Gasteiger partial charge is 0.353 e. The van der Waals surface area contributed by atoms with E-state index in [2.05, 4.69) is 5.32 Å². The predicted molar refractivity (Wildman–Crippen MR) is 56.5 cm³/mol. The monoisotopic (exact) mass is 222 g/mol. The molecule has 0 aromatic heterocycles. The topological polar surface area (TPSA) is 49.4 Å². The Balaban J connectivity index is 2.29. The van der Waals surface area contributed by atoms with E-state index in [0.717, 1.165) is 0 Å². The van der Waals surface area contributed by atoms with Crippen LogP contribution in [0.15, 0.2) is 18.2 Å². The van der Waals surface area contributed by atoms with Gasteiger partial charge < -0.3 is 4.90 Å². The first-order valence-electron chi connectivity index (χ1n) is 4.90. The summed E-state index contributed by atoms with van der Waals surface area (Å²) in [4.78, 5) is 24.0. The molecule has 1 aromatic rings. The normalized spacial score (nSPS) is 16.2. The summed E-state index contributed by atoms with van der Waals surface area (Å²) < 4.78 is 12.9. The van der Waals surface area contributed by atoms with Gasteiger partial charge in [0.1, 0.15) is 5.82 Å². The Bertz CT molecular complexity index is 443. The zero-order valence-electron chi connectivity index (χ0n) is 8.79. The summed E-state index contributed by atoms with van der Waals surface area (Å²) in [5.74, 6) is -0.992. The van der Waals surface area contributed by atoms with Gasteiger partial charge in [-0.25, -0.2) is 4.39 Å². The fourth-order valence-electron chi connectivity index (χ4n) is 1.78. The fourth-order valence-corrected chi connectivity index (χ4v) is 1.78. The van der Waals surface area contributed by atoms with Gasteiger partial charge in [0.2, 0.25) is 11.8 Å². The summed E-state index contributed by atoms with van der Waals surface area (Å²) in [5.41, 5.74) is 1.42. The molecule has 1 fully saturated rings. The number of piperazine rings is 1. The molecule has 0 radical (unpaired) electrons. The maximum atomic E-state index is 12.9. The van der Waals surface area contributed by atoms with E-state index in [0.29, 0.717) is 11.3 Å². The number of carbonyl (C=O) groups is 2. The van der Waals surface area contributed by atoms with Gasteiger partial charge >= 0.3 is 0 Å². The lowest BCUT2D eigenvalue weighted by atomic mass is 10.1. The van der Waals surface area contributed by atoms with Crippen LogP contribution in [0.25, 0.3) is 0 Å². The number of anilines is 1. The first kappa shape index (κ1) is 10.6. The second kappa shape index (κ2) is 3.92. The molecule has 2 amide bonds. The van der Waals surface area contributed by atoms with Gasteiger partial charge in [-0.1, -0.05) is 0 Å². The highest BCUT2D eigenvalue weighted by Gasteiger charge is 2.23. The van der Waals surface area contributed by atoms with Gasteiger partial charge in [0.05, 0.1) is 13.1 Å². The molecule has 4 nitrogen and oxygen atoms in total. The van der Waals surface area contributed by atoms with Crippen molar-refractivity contribution in [3.8, 4) is 0 Å². The van der Waals surface area contributed by atoms with Crippen LogP contribution in [0.3, 0.4) is 0 Å². The number of benzene rings is 1. The van der Waals surface area contributed by atoms with E-state index in [1.165, 1.54) is 12.1 Å². The minimum atomic E-state index is -0.333. The van der Waals surface area contributed by atoms with Gasteiger partial charge in [-0.15, -0.1) is 0 Å². The Hall–Kier alpha value is -1.91. The van der Waals surface area contributed by atoms with Gasteiger partial charge in [0.25, 0.3) is 0 Å². The lowest BCUT2D eigenvalue weighted by molar-refractivity contribution is -0.130. The number of aryl methyl sites for hydroxylation is 1. The molecule has 5 heteroatoms. The number of hydrogen-bond donors (Lipinski definition) is 1. The molecule has 0 atom stereocenters. The van der Waals surface area contributed by atoms with Crippen molar-refractivity contribution < 1.29 is 14.0 Å². The maximum Gasteiger partial charge on any atom is 0.246 e. The van der Waals surface area contributed by atoms with Crippen molar-refractivity contribution in [3.63, 3.8) is 0 Å². The SMILES string of the molecule is Cc1cc(F)ccc1N1CC(=O)NC(=O)C1. The lowest BCUT2D eigenvalue weighted by Gasteiger charge is -2.28. The van der Waals surface area contributed by atoms with E-state index in [1.54, 1.807) is 17.9 Å². The number of amides is 2. The van der Waals surface area contributed by atoms with E-state index in [9.17, 15) is 14.0 Å². The first-order chi connectivity index (χ1) is 7.56. The predicted octanol–water partition coefficient (Wildman–Crippen LogP) is 0.597. The molecule has 1 aliphatic heterocycles. The molecule has 84 valence electrons. The minimum Gasteiger partial charge on any atom is -0.353 e. The van der Waals surface area contributed by atoms with Crippen LogP contribution in [0.2, 0.25) is 0 Å². The zero-order valence-corrected chi connectivity index (χ0v) is 8.79. The molecule has 0 unspecified atom stereocenters. The second-order valence-electron chi connectivity index (χ2n) is 3.76. The van der Waals surface area contributed by atoms with Gasteiger partial charge in [-0.3, -0.25) is 14.9 Å². The molecular weight excluding hydrogens is 211 g/mol. The van der Waals surface area contributed by atoms with Crippen LogP contribution in [0.1, 0.15) is 5.56 Å². The maximum absolute atomic E-state index is 12.9. The van der Waals surface area contributed by atoms with Gasteiger partial charge in [-0.05, 0) is 30.7 Å². The van der Waals surface area contributed by atoms with Gasteiger partial charge in [0, 0.05) is 5.69 Å². The van der Waals surface area contributed by atoms with Crippen molar-refractivity contribution in [2.45, 2.75) is 6.92 Å². The Kier molecular flexibility index (Phi) is 2.60. The lowest BCUT2D eigenvalue weighted by Crippen LogP contribution is -2.51. The van der Waals surface area contributed by atoms with Crippen molar-refractivity contribution in [1.29, 1.82) is 0 Å². The van der Waals surface area contributed by atoms with Crippen LogP contribution in [0, 0.1) is 12.7 Å². The van der Waals surface area contributed by atoms with Crippen molar-refractivity contribution in [2.24, 2.45) is 0 Å². The van der Waals surface area contributed by atoms with E-state index < -0.39 is 0 Å². The molecule has 1 N–H and O–H groups in total. The van der Waals surface area contributed by atoms with Crippen LogP contribution in [0.4, 0.5) is 10.1 Å². The highest BCUT2D eigenvalue weighted by Crippen LogP contribution is 2.21. The van der Waals surface area contributed by atoms with Crippen LogP contribution in [0.5, 0.6) is 0 Å². The highest BCUT2D eigenvalue weighted by atomic mass is 19.1. The first-order valence-corrected chi connectivity index (χ1v) is 4.90. The number of nitrogens with zero attached hydrogens (tertiary/aromatic N) is 1. The summed E-state index contributed by atoms with van der Waals surface area (Å²) in [6, 6.07) is 4.28. The van der Waals surface area contributed by atoms with Crippen LogP contribution in [-0.4, -0.2) is 24.9 Å². The summed E-state index contributed by atoms with van der Waals surface area (Å²) >= 11 is 0. The van der Waals surface area contributed by atoms with Gasteiger partial charge in [-0.2, -0.15) is 0 Å². The Morgan fingerprint density at radius 2 is 1.88 bits per heavy atom. The van der Waals surface area contributed by atoms with Crippen molar-refractivity contribution in [2.75, 3.05) is 18.0 Å². The van der Waals surface area contributed by atoms with Crippen LogP contribution in [-0.2, 0) is 9.59 Å². The molecule has 1 saturated heterocycles. The molecule has 0 bridgehead atoms. The van der Waals surface area contributed by atoms with Crippen LogP contribution < -0.4 is 10.2 Å². The Labute approximate surface area is 92.0 Å². The molecule has 2 rings (SSSR count). The van der Waals surface area contributed by atoms with Crippen molar-refractivity contribution in [3.05, 3.63) is 29.6 Å². The molecule has 1 aromatic carbocycles. The third kappa shape index (κ3) is 2.03. The molecular formula is C11H11FN2O2. The third-order valence-corrected chi connectivity index (χ3v) is 2.45. The average molecular weight is 222 g/mol. The molecule has 0 saturated carbocycles.